The molecule has 1 heterocycles. The summed E-state index contributed by atoms with van der Waals surface area (Å²) in [6, 6.07) is 4.17. The van der Waals surface area contributed by atoms with Gasteiger partial charge in [0.15, 0.2) is 0 Å². The molecule has 0 bridgehead atoms. The second-order valence-corrected chi connectivity index (χ2v) is 8.15. The van der Waals surface area contributed by atoms with Gasteiger partial charge in [-0.2, -0.15) is 0 Å². The molecule has 28 heavy (non-hydrogen) atoms. The number of piperidine rings is 1. The maximum Gasteiger partial charge on any atom is 0.238 e. The number of nitrogens with one attached hydrogen (secondary N) is 1. The number of methoxy groups -OCH3 is 1. The van der Waals surface area contributed by atoms with E-state index in [1.54, 1.807) is 12.0 Å². The van der Waals surface area contributed by atoms with E-state index in [1.807, 2.05) is 7.05 Å². The fraction of sp³-hybridized carbons (Fsp3) is 0.600. The van der Waals surface area contributed by atoms with E-state index in [0.29, 0.717) is 19.1 Å². The lowest BCUT2D eigenvalue weighted by atomic mass is 9.61. The Balaban J connectivity index is 1.51. The number of amides is 2. The molecule has 1 aliphatic carbocycles. The molecule has 1 saturated heterocycles. The lowest BCUT2D eigenvalue weighted by Gasteiger charge is -2.50. The number of carbonyl (C=O) groups excluding carboxylic acids is 2. The van der Waals surface area contributed by atoms with Gasteiger partial charge in [0.25, 0.3) is 0 Å². The quantitative estimate of drug-likeness (QED) is 0.748. The monoisotopic (exact) mass is 411 g/mol. The minimum atomic E-state index is -0.552. The number of rotatable bonds is 7. The van der Waals surface area contributed by atoms with Crippen molar-refractivity contribution >= 4 is 29.1 Å². The van der Waals surface area contributed by atoms with Crippen molar-refractivity contribution < 1.29 is 18.7 Å². The third-order valence-electron chi connectivity index (χ3n) is 5.86. The maximum atomic E-state index is 13.9. The number of likely N-dealkylation sites (tertiary alicyclic amines) is 1. The van der Waals surface area contributed by atoms with Gasteiger partial charge in [0.05, 0.1) is 18.8 Å². The Bertz CT molecular complexity index is 733. The Labute approximate surface area is 170 Å². The van der Waals surface area contributed by atoms with Crippen molar-refractivity contribution in [3.05, 3.63) is 29.0 Å². The maximum absolute atomic E-state index is 13.9. The zero-order chi connectivity index (χ0) is 20.3. The highest BCUT2D eigenvalue weighted by Crippen LogP contribution is 2.46. The molecule has 0 spiro atoms. The fourth-order valence-corrected chi connectivity index (χ4v) is 4.35. The summed E-state index contributed by atoms with van der Waals surface area (Å²) in [5, 5.41) is 2.89. The fourth-order valence-electron chi connectivity index (χ4n) is 4.19. The Morgan fingerprint density at radius 2 is 2.21 bits per heavy atom. The molecule has 1 aromatic carbocycles. The summed E-state index contributed by atoms with van der Waals surface area (Å²) in [5.41, 5.74) is 0.126. The van der Waals surface area contributed by atoms with Gasteiger partial charge in [0, 0.05) is 38.2 Å². The number of fused-ring (bicyclic) bond motifs is 1. The number of carbonyl (C=O) groups is 2. The molecule has 1 N–H and O–H groups in total. The van der Waals surface area contributed by atoms with Gasteiger partial charge in [0.2, 0.25) is 11.8 Å². The van der Waals surface area contributed by atoms with Crippen molar-refractivity contribution in [1.82, 2.24) is 9.80 Å². The van der Waals surface area contributed by atoms with Gasteiger partial charge in [-0.1, -0.05) is 11.6 Å². The average molecular weight is 412 g/mol. The van der Waals surface area contributed by atoms with E-state index in [9.17, 15) is 14.0 Å². The molecule has 1 saturated carbocycles. The van der Waals surface area contributed by atoms with Crippen molar-refractivity contribution in [1.29, 1.82) is 0 Å². The normalized spacial score (nSPS) is 24.2. The first kappa shape index (κ1) is 21.0. The number of anilines is 1. The molecule has 0 radical (unpaired) electrons. The van der Waals surface area contributed by atoms with Crippen molar-refractivity contribution in [2.24, 2.45) is 17.8 Å². The van der Waals surface area contributed by atoms with Crippen LogP contribution in [0.4, 0.5) is 10.1 Å². The lowest BCUT2D eigenvalue weighted by molar-refractivity contribution is -0.147. The van der Waals surface area contributed by atoms with E-state index in [0.717, 1.165) is 25.9 Å². The van der Waals surface area contributed by atoms with Crippen LogP contribution in [-0.2, 0) is 14.3 Å². The summed E-state index contributed by atoms with van der Waals surface area (Å²) in [5.74, 6) is 0.200. The third kappa shape index (κ3) is 4.82. The Morgan fingerprint density at radius 3 is 2.93 bits per heavy atom. The van der Waals surface area contributed by atoms with Crippen LogP contribution in [0.25, 0.3) is 0 Å². The number of halogens is 2. The van der Waals surface area contributed by atoms with Gasteiger partial charge < -0.3 is 15.0 Å². The lowest BCUT2D eigenvalue weighted by Crippen LogP contribution is -2.56. The smallest absolute Gasteiger partial charge is 0.238 e. The molecule has 0 aromatic heterocycles. The highest BCUT2D eigenvalue weighted by molar-refractivity contribution is 6.30. The van der Waals surface area contributed by atoms with E-state index in [2.05, 4.69) is 10.2 Å². The molecular formula is C20H27ClFN3O3. The number of nitrogens with zero attached hydrogens (tertiary/aromatic N) is 2. The molecule has 3 rings (SSSR count). The number of hydrogen-bond acceptors (Lipinski definition) is 4. The van der Waals surface area contributed by atoms with Gasteiger partial charge in [0.1, 0.15) is 5.82 Å². The van der Waals surface area contributed by atoms with E-state index in [-0.39, 0.29) is 40.9 Å². The van der Waals surface area contributed by atoms with Crippen LogP contribution in [0, 0.1) is 23.6 Å². The molecule has 2 aliphatic rings. The first-order valence-electron chi connectivity index (χ1n) is 9.60. The summed E-state index contributed by atoms with van der Waals surface area (Å²) in [4.78, 5) is 28.8. The molecule has 2 fully saturated rings. The summed E-state index contributed by atoms with van der Waals surface area (Å²) >= 11 is 5.74. The molecule has 1 aromatic rings. The number of benzene rings is 1. The van der Waals surface area contributed by atoms with Crippen LogP contribution in [0.15, 0.2) is 18.2 Å². The highest BCUT2D eigenvalue weighted by atomic mass is 35.5. The van der Waals surface area contributed by atoms with Crippen LogP contribution in [0.3, 0.4) is 0 Å². The van der Waals surface area contributed by atoms with Gasteiger partial charge >= 0.3 is 0 Å². The minimum absolute atomic E-state index is 0.0198. The molecule has 8 heteroatoms. The van der Waals surface area contributed by atoms with Crippen LogP contribution in [-0.4, -0.2) is 68.6 Å². The molecule has 1 aliphatic heterocycles. The van der Waals surface area contributed by atoms with E-state index in [1.165, 1.54) is 18.2 Å². The number of hydrogen-bond donors (Lipinski definition) is 1. The van der Waals surface area contributed by atoms with Crippen LogP contribution in [0.2, 0.25) is 5.02 Å². The van der Waals surface area contributed by atoms with E-state index in [4.69, 9.17) is 16.3 Å². The summed E-state index contributed by atoms with van der Waals surface area (Å²) in [6.45, 7) is 2.83. The van der Waals surface area contributed by atoms with Crippen molar-refractivity contribution in [3.8, 4) is 0 Å². The van der Waals surface area contributed by atoms with Crippen molar-refractivity contribution in [3.63, 3.8) is 0 Å². The summed E-state index contributed by atoms with van der Waals surface area (Å²) < 4.78 is 18.9. The standard InChI is InChI=1S/C20H27ClFN3O3/c1-24(7-8-28-2)20(27)15-9-13-5-6-25(11-16(13)15)12-19(26)23-18-4-3-14(21)10-17(18)22/h3-4,10,13,15-16H,5-9,11-12H2,1-2H3,(H,23,26)/t13-,15-,16-/m1/s1. The minimum Gasteiger partial charge on any atom is -0.383 e. The summed E-state index contributed by atoms with van der Waals surface area (Å²) in [6.07, 6.45) is 1.91. The van der Waals surface area contributed by atoms with Crippen molar-refractivity contribution in [2.75, 3.05) is 52.3 Å². The first-order chi connectivity index (χ1) is 13.4. The van der Waals surface area contributed by atoms with Gasteiger partial charge in [-0.25, -0.2) is 4.39 Å². The Hall–Kier alpha value is -1.70. The first-order valence-corrected chi connectivity index (χ1v) is 9.98. The number of likely N-dealkylation sites (N-methyl/N-ethyl adjacent to an activating group) is 1. The van der Waals surface area contributed by atoms with Crippen LogP contribution < -0.4 is 5.32 Å². The predicted molar refractivity (Wildman–Crippen MR) is 106 cm³/mol. The van der Waals surface area contributed by atoms with Crippen LogP contribution in [0.5, 0.6) is 0 Å². The predicted octanol–water partition coefficient (Wildman–Crippen LogP) is 2.48. The average Bonchev–Trinajstić information content (AvgIpc) is 2.64. The third-order valence-corrected chi connectivity index (χ3v) is 6.10. The van der Waals surface area contributed by atoms with Crippen LogP contribution in [0.1, 0.15) is 12.8 Å². The zero-order valence-corrected chi connectivity index (χ0v) is 17.0. The largest absolute Gasteiger partial charge is 0.383 e. The molecule has 6 nitrogen and oxygen atoms in total. The Kier molecular flexibility index (Phi) is 6.91. The molecule has 154 valence electrons. The highest BCUT2D eigenvalue weighted by Gasteiger charge is 2.48. The topological polar surface area (TPSA) is 61.9 Å². The molecule has 2 amide bonds. The zero-order valence-electron chi connectivity index (χ0n) is 16.3. The van der Waals surface area contributed by atoms with Crippen molar-refractivity contribution in [2.45, 2.75) is 12.8 Å². The SMILES string of the molecule is COCCN(C)C(=O)[C@@H]1C[C@H]2CCN(CC(=O)Nc3ccc(Cl)cc3F)C[C@H]21. The van der Waals surface area contributed by atoms with E-state index < -0.39 is 5.82 Å². The Morgan fingerprint density at radius 1 is 1.43 bits per heavy atom. The second-order valence-electron chi connectivity index (χ2n) is 7.71. The number of ether oxygens (including phenoxy) is 1. The molecule has 0 unspecified atom stereocenters. The second kappa shape index (κ2) is 9.20. The molecule has 3 atom stereocenters. The van der Waals surface area contributed by atoms with E-state index >= 15 is 0 Å². The molecular weight excluding hydrogens is 385 g/mol. The van der Waals surface area contributed by atoms with Crippen LogP contribution >= 0.6 is 11.6 Å². The van der Waals surface area contributed by atoms with Gasteiger partial charge in [-0.3, -0.25) is 14.5 Å². The van der Waals surface area contributed by atoms with Gasteiger partial charge in [-0.05, 0) is 49.4 Å². The summed E-state index contributed by atoms with van der Waals surface area (Å²) in [7, 11) is 3.43. The van der Waals surface area contributed by atoms with Gasteiger partial charge in [-0.15, -0.1) is 0 Å².